The molecule has 178 valence electrons. The predicted molar refractivity (Wildman–Crippen MR) is 135 cm³/mol. The number of aryl methyl sites for hydroxylation is 1. The van der Waals surface area contributed by atoms with Crippen LogP contribution in [0.5, 0.6) is 0 Å². The van der Waals surface area contributed by atoms with Gasteiger partial charge in [-0.1, -0.05) is 66.2 Å². The summed E-state index contributed by atoms with van der Waals surface area (Å²) < 4.78 is 13.7. The number of fused-ring (bicyclic) bond motifs is 5. The fourth-order valence-corrected chi connectivity index (χ4v) is 4.40. The molecule has 5 aromatic rings. The number of furan rings is 1. The Kier molecular flexibility index (Phi) is 5.50. The van der Waals surface area contributed by atoms with Gasteiger partial charge in [0.15, 0.2) is 17.8 Å². The number of alkyl carbamates (subject to hydrolysis) is 1. The van der Waals surface area contributed by atoms with E-state index in [1.54, 1.807) is 12.1 Å². The average Bonchev–Trinajstić information content (AvgIpc) is 3.42. The van der Waals surface area contributed by atoms with E-state index in [9.17, 15) is 4.79 Å². The Balaban J connectivity index is 1.46. The first-order valence-corrected chi connectivity index (χ1v) is 11.7. The molecular formula is C27H20ClN5O3. The van der Waals surface area contributed by atoms with Crippen molar-refractivity contribution in [2.24, 2.45) is 4.99 Å². The number of aliphatic imine (C=N–C) groups is 1. The van der Waals surface area contributed by atoms with Crippen LogP contribution < -0.4 is 5.32 Å². The third-order valence-corrected chi connectivity index (χ3v) is 6.20. The minimum absolute atomic E-state index is 0.129. The Morgan fingerprint density at radius 2 is 1.78 bits per heavy atom. The van der Waals surface area contributed by atoms with Gasteiger partial charge in [-0.15, -0.1) is 10.2 Å². The van der Waals surface area contributed by atoms with Gasteiger partial charge in [0.05, 0.1) is 0 Å². The van der Waals surface area contributed by atoms with Gasteiger partial charge in [0.2, 0.25) is 0 Å². The standard InChI is InChI=1S/C27H20ClN5O3/c1-16-31-32-26-25(30-27(34)35-15-17-7-3-2-4-8-17)29-22(18-11-13-19(28)14-12-18)24-23(33(16)26)20-9-5-6-10-21(20)36-24/h2-14,25H,15H2,1H3,(H,30,34). The summed E-state index contributed by atoms with van der Waals surface area (Å²) in [6.07, 6.45) is -1.50. The number of nitrogens with one attached hydrogen (secondary N) is 1. The van der Waals surface area contributed by atoms with E-state index in [1.807, 2.05) is 78.2 Å². The minimum Gasteiger partial charge on any atom is -0.452 e. The monoisotopic (exact) mass is 497 g/mol. The van der Waals surface area contributed by atoms with E-state index in [4.69, 9.17) is 25.7 Å². The Bertz CT molecular complexity index is 1610. The van der Waals surface area contributed by atoms with Gasteiger partial charge < -0.3 is 9.15 Å². The lowest BCUT2D eigenvalue weighted by molar-refractivity contribution is 0.135. The van der Waals surface area contributed by atoms with Crippen LogP contribution in [0, 0.1) is 6.92 Å². The second-order valence-corrected chi connectivity index (χ2v) is 8.75. The SMILES string of the molecule is Cc1nnc2n1-c1c(oc3ccccc13)C(c1ccc(Cl)cc1)=NC2NC(=O)OCc1ccccc1. The van der Waals surface area contributed by atoms with Gasteiger partial charge in [0, 0.05) is 16.0 Å². The first kappa shape index (κ1) is 22.1. The summed E-state index contributed by atoms with van der Waals surface area (Å²) in [6, 6.07) is 24.5. The van der Waals surface area contributed by atoms with Crippen LogP contribution in [0.3, 0.4) is 0 Å². The van der Waals surface area contributed by atoms with Crippen LogP contribution in [0.2, 0.25) is 5.02 Å². The molecule has 36 heavy (non-hydrogen) atoms. The zero-order chi connectivity index (χ0) is 24.6. The molecule has 0 bridgehead atoms. The van der Waals surface area contributed by atoms with E-state index in [2.05, 4.69) is 15.5 Å². The van der Waals surface area contributed by atoms with Crippen molar-refractivity contribution in [2.45, 2.75) is 19.7 Å². The van der Waals surface area contributed by atoms with E-state index < -0.39 is 12.3 Å². The van der Waals surface area contributed by atoms with Crippen LogP contribution >= 0.6 is 11.6 Å². The topological polar surface area (TPSA) is 94.5 Å². The van der Waals surface area contributed by atoms with Gasteiger partial charge in [-0.2, -0.15) is 0 Å². The summed E-state index contributed by atoms with van der Waals surface area (Å²) in [6.45, 7) is 1.98. The van der Waals surface area contributed by atoms with Crippen LogP contribution in [0.25, 0.3) is 16.7 Å². The highest BCUT2D eigenvalue weighted by molar-refractivity contribution is 6.30. The summed E-state index contributed by atoms with van der Waals surface area (Å²) in [4.78, 5) is 17.7. The van der Waals surface area contributed by atoms with Gasteiger partial charge in [-0.05, 0) is 36.8 Å². The largest absolute Gasteiger partial charge is 0.452 e. The van der Waals surface area contributed by atoms with Crippen molar-refractivity contribution in [3.63, 3.8) is 0 Å². The van der Waals surface area contributed by atoms with Gasteiger partial charge in [-0.25, -0.2) is 9.79 Å². The van der Waals surface area contributed by atoms with E-state index in [0.717, 1.165) is 22.2 Å². The van der Waals surface area contributed by atoms with Gasteiger partial charge in [0.25, 0.3) is 0 Å². The number of carbonyl (C=O) groups excluding carboxylic acids is 1. The van der Waals surface area contributed by atoms with Crippen molar-refractivity contribution in [2.75, 3.05) is 0 Å². The number of hydrogen-bond donors (Lipinski definition) is 1. The maximum atomic E-state index is 12.8. The second-order valence-electron chi connectivity index (χ2n) is 8.31. The molecule has 1 aliphatic rings. The zero-order valence-electron chi connectivity index (χ0n) is 19.2. The van der Waals surface area contributed by atoms with Crippen LogP contribution in [-0.2, 0) is 11.3 Å². The number of para-hydroxylation sites is 1. The van der Waals surface area contributed by atoms with Crippen molar-refractivity contribution in [3.05, 3.63) is 112 Å². The summed E-state index contributed by atoms with van der Waals surface area (Å²) in [5, 5.41) is 13.0. The van der Waals surface area contributed by atoms with Crippen LogP contribution in [0.1, 0.15) is 34.7 Å². The number of ether oxygens (including phenoxy) is 1. The molecule has 8 nitrogen and oxygen atoms in total. The summed E-state index contributed by atoms with van der Waals surface area (Å²) >= 11 is 6.15. The Labute approximate surface area is 211 Å². The Morgan fingerprint density at radius 1 is 1.03 bits per heavy atom. The highest BCUT2D eigenvalue weighted by Crippen LogP contribution is 2.37. The minimum atomic E-state index is -0.874. The molecule has 0 spiro atoms. The third-order valence-electron chi connectivity index (χ3n) is 5.95. The van der Waals surface area contributed by atoms with E-state index >= 15 is 0 Å². The molecule has 1 amide bonds. The summed E-state index contributed by atoms with van der Waals surface area (Å²) in [5.41, 5.74) is 3.68. The number of amides is 1. The third kappa shape index (κ3) is 3.91. The van der Waals surface area contributed by atoms with Gasteiger partial charge in [0.1, 0.15) is 29.4 Å². The molecule has 0 fully saturated rings. The van der Waals surface area contributed by atoms with E-state index in [-0.39, 0.29) is 6.61 Å². The maximum absolute atomic E-state index is 12.8. The number of aromatic nitrogens is 3. The van der Waals surface area contributed by atoms with Gasteiger partial charge in [-0.3, -0.25) is 9.88 Å². The highest BCUT2D eigenvalue weighted by Gasteiger charge is 2.33. The highest BCUT2D eigenvalue weighted by atomic mass is 35.5. The Hall–Kier alpha value is -4.43. The lowest BCUT2D eigenvalue weighted by atomic mass is 10.1. The molecule has 0 saturated carbocycles. The molecule has 1 atom stereocenters. The Morgan fingerprint density at radius 3 is 2.58 bits per heavy atom. The number of nitrogens with zero attached hydrogens (tertiary/aromatic N) is 4. The molecule has 0 aliphatic carbocycles. The lowest BCUT2D eigenvalue weighted by Gasteiger charge is -2.14. The molecule has 6 rings (SSSR count). The van der Waals surface area contributed by atoms with Gasteiger partial charge >= 0.3 is 6.09 Å². The molecule has 3 heterocycles. The fraction of sp³-hybridized carbons (Fsp3) is 0.111. The van der Waals surface area contributed by atoms with Crippen molar-refractivity contribution in [3.8, 4) is 5.69 Å². The van der Waals surface area contributed by atoms with Crippen LogP contribution in [-0.4, -0.2) is 26.6 Å². The molecule has 0 saturated heterocycles. The summed E-state index contributed by atoms with van der Waals surface area (Å²) in [7, 11) is 0. The normalized spacial score (nSPS) is 14.5. The van der Waals surface area contributed by atoms with Crippen molar-refractivity contribution < 1.29 is 13.9 Å². The first-order valence-electron chi connectivity index (χ1n) is 11.3. The average molecular weight is 498 g/mol. The van der Waals surface area contributed by atoms with Crippen molar-refractivity contribution >= 4 is 34.4 Å². The molecule has 1 N–H and O–H groups in total. The maximum Gasteiger partial charge on any atom is 0.409 e. The molecule has 9 heteroatoms. The summed E-state index contributed by atoms with van der Waals surface area (Å²) in [5.74, 6) is 1.63. The predicted octanol–water partition coefficient (Wildman–Crippen LogP) is 5.75. The number of hydrogen-bond acceptors (Lipinski definition) is 6. The zero-order valence-corrected chi connectivity index (χ0v) is 19.9. The molecule has 2 aromatic heterocycles. The molecule has 1 unspecified atom stereocenters. The van der Waals surface area contributed by atoms with Crippen molar-refractivity contribution in [1.29, 1.82) is 0 Å². The lowest BCUT2D eigenvalue weighted by Crippen LogP contribution is -2.30. The first-order chi connectivity index (χ1) is 17.6. The number of carbonyl (C=O) groups is 1. The second kappa shape index (κ2) is 8.98. The molecule has 0 radical (unpaired) electrons. The molecule has 3 aromatic carbocycles. The molecule has 1 aliphatic heterocycles. The number of rotatable bonds is 4. The fourth-order valence-electron chi connectivity index (χ4n) is 4.28. The molecular weight excluding hydrogens is 478 g/mol. The van der Waals surface area contributed by atoms with Crippen molar-refractivity contribution in [1.82, 2.24) is 20.1 Å². The number of halogens is 1. The van der Waals surface area contributed by atoms with E-state index in [0.29, 0.717) is 33.7 Å². The van der Waals surface area contributed by atoms with Crippen LogP contribution in [0.4, 0.5) is 4.79 Å². The number of benzene rings is 3. The van der Waals surface area contributed by atoms with E-state index in [1.165, 1.54) is 0 Å². The van der Waals surface area contributed by atoms with Crippen LogP contribution in [0.15, 0.2) is 88.3 Å². The smallest absolute Gasteiger partial charge is 0.409 e. The quantitative estimate of drug-likeness (QED) is 0.341.